The Morgan fingerprint density at radius 1 is 1.33 bits per heavy atom. The van der Waals surface area contributed by atoms with Gasteiger partial charge in [-0.2, -0.15) is 0 Å². The first kappa shape index (κ1) is 15.3. The van der Waals surface area contributed by atoms with E-state index in [9.17, 15) is 0 Å². The summed E-state index contributed by atoms with van der Waals surface area (Å²) in [5.41, 5.74) is 6.65. The predicted molar refractivity (Wildman–Crippen MR) is 83.7 cm³/mol. The summed E-state index contributed by atoms with van der Waals surface area (Å²) in [6.45, 7) is 2.93. The highest BCUT2D eigenvalue weighted by Crippen LogP contribution is 2.28. The van der Waals surface area contributed by atoms with Gasteiger partial charge in [0.25, 0.3) is 0 Å². The molecule has 0 saturated heterocycles. The van der Waals surface area contributed by atoms with E-state index in [1.807, 2.05) is 24.5 Å². The summed E-state index contributed by atoms with van der Waals surface area (Å²) < 4.78 is 5.81. The van der Waals surface area contributed by atoms with Crippen LogP contribution in [0.25, 0.3) is 0 Å². The minimum Gasteiger partial charge on any atom is -0.493 e. The molecule has 0 aliphatic rings. The molecular formula is C14H21NOS2. The molecule has 0 amide bonds. The maximum atomic E-state index is 5.81. The second-order valence-electron chi connectivity index (χ2n) is 4.11. The highest BCUT2D eigenvalue weighted by atomic mass is 32.2. The Morgan fingerprint density at radius 2 is 2.11 bits per heavy atom. The van der Waals surface area contributed by atoms with E-state index in [0.29, 0.717) is 4.99 Å². The van der Waals surface area contributed by atoms with Crippen LogP contribution < -0.4 is 10.5 Å². The number of ether oxygens (including phenoxy) is 1. The lowest BCUT2D eigenvalue weighted by Crippen LogP contribution is -2.13. The zero-order valence-corrected chi connectivity index (χ0v) is 12.7. The second kappa shape index (κ2) is 8.38. The first-order valence-electron chi connectivity index (χ1n) is 6.30. The fourth-order valence-electron chi connectivity index (χ4n) is 1.76. The van der Waals surface area contributed by atoms with Crippen molar-refractivity contribution in [1.82, 2.24) is 0 Å². The minimum absolute atomic E-state index is 0.406. The quantitative estimate of drug-likeness (QED) is 0.444. The Morgan fingerprint density at radius 3 is 2.72 bits per heavy atom. The molecule has 100 valence electrons. The molecule has 4 heteroatoms. The standard InChI is InChI=1S/C14H21NOS2/c1-3-4-5-6-10-16-11-8-7-9-12(18-2)13(11)14(15)17/h7-9H,3-6,10H2,1-2H3,(H2,15,17). The van der Waals surface area contributed by atoms with Gasteiger partial charge in [-0.3, -0.25) is 0 Å². The van der Waals surface area contributed by atoms with Crippen LogP contribution in [-0.2, 0) is 0 Å². The van der Waals surface area contributed by atoms with E-state index >= 15 is 0 Å². The number of nitrogens with two attached hydrogens (primary N) is 1. The topological polar surface area (TPSA) is 35.2 Å². The van der Waals surface area contributed by atoms with Crippen molar-refractivity contribution in [3.63, 3.8) is 0 Å². The molecule has 2 N–H and O–H groups in total. The molecule has 0 fully saturated rings. The van der Waals surface area contributed by atoms with Crippen LogP contribution in [0.3, 0.4) is 0 Å². The van der Waals surface area contributed by atoms with Crippen molar-refractivity contribution < 1.29 is 4.74 Å². The summed E-state index contributed by atoms with van der Waals surface area (Å²) in [6, 6.07) is 5.94. The molecule has 1 rings (SSSR count). The average Bonchev–Trinajstić information content (AvgIpc) is 2.37. The number of hydrogen-bond acceptors (Lipinski definition) is 3. The lowest BCUT2D eigenvalue weighted by molar-refractivity contribution is 0.304. The second-order valence-corrected chi connectivity index (χ2v) is 5.39. The molecule has 0 aliphatic carbocycles. The van der Waals surface area contributed by atoms with Gasteiger partial charge in [0, 0.05) is 4.90 Å². The number of rotatable bonds is 8. The number of thioether (sulfide) groups is 1. The molecule has 0 atom stereocenters. The van der Waals surface area contributed by atoms with Gasteiger partial charge in [-0.1, -0.05) is 44.5 Å². The number of unbranched alkanes of at least 4 members (excludes halogenated alkanes) is 3. The highest BCUT2D eigenvalue weighted by molar-refractivity contribution is 7.98. The van der Waals surface area contributed by atoms with Crippen LogP contribution in [0.2, 0.25) is 0 Å². The average molecular weight is 283 g/mol. The van der Waals surface area contributed by atoms with Crippen LogP contribution >= 0.6 is 24.0 Å². The number of thiocarbonyl (C=S) groups is 1. The van der Waals surface area contributed by atoms with Gasteiger partial charge in [0.1, 0.15) is 10.7 Å². The Hall–Kier alpha value is -0.740. The van der Waals surface area contributed by atoms with Crippen LogP contribution in [0.1, 0.15) is 38.2 Å². The summed E-state index contributed by atoms with van der Waals surface area (Å²) in [7, 11) is 0. The molecule has 2 nitrogen and oxygen atoms in total. The zero-order chi connectivity index (χ0) is 13.4. The molecule has 1 aromatic rings. The van der Waals surface area contributed by atoms with Crippen molar-refractivity contribution in [3.8, 4) is 5.75 Å². The van der Waals surface area contributed by atoms with E-state index in [2.05, 4.69) is 6.92 Å². The van der Waals surface area contributed by atoms with E-state index in [0.717, 1.165) is 29.2 Å². The lowest BCUT2D eigenvalue weighted by Gasteiger charge is -2.13. The molecule has 0 heterocycles. The first-order chi connectivity index (χ1) is 8.70. The molecule has 0 bridgehead atoms. The van der Waals surface area contributed by atoms with Crippen LogP contribution in [0.4, 0.5) is 0 Å². The van der Waals surface area contributed by atoms with Crippen molar-refractivity contribution in [2.75, 3.05) is 12.9 Å². The van der Waals surface area contributed by atoms with E-state index in [-0.39, 0.29) is 0 Å². The monoisotopic (exact) mass is 283 g/mol. The summed E-state index contributed by atoms with van der Waals surface area (Å²) in [6.07, 6.45) is 6.80. The van der Waals surface area contributed by atoms with Crippen LogP contribution in [0.15, 0.2) is 23.1 Å². The molecule has 0 aromatic heterocycles. The molecule has 0 aliphatic heterocycles. The molecule has 1 aromatic carbocycles. The van der Waals surface area contributed by atoms with E-state index in [1.54, 1.807) is 11.8 Å². The maximum absolute atomic E-state index is 5.81. The van der Waals surface area contributed by atoms with Gasteiger partial charge in [0.2, 0.25) is 0 Å². The fourth-order valence-corrected chi connectivity index (χ4v) is 2.66. The van der Waals surface area contributed by atoms with Gasteiger partial charge in [-0.25, -0.2) is 0 Å². The maximum Gasteiger partial charge on any atom is 0.130 e. The van der Waals surface area contributed by atoms with Gasteiger partial charge in [0.05, 0.1) is 12.2 Å². The summed E-state index contributed by atoms with van der Waals surface area (Å²) >= 11 is 6.75. The third-order valence-electron chi connectivity index (χ3n) is 2.71. The van der Waals surface area contributed by atoms with Crippen LogP contribution in [0.5, 0.6) is 5.75 Å². The molecule has 0 spiro atoms. The van der Waals surface area contributed by atoms with Crippen molar-refractivity contribution in [1.29, 1.82) is 0 Å². The normalized spacial score (nSPS) is 10.3. The Labute approximate surface area is 119 Å². The van der Waals surface area contributed by atoms with Gasteiger partial charge < -0.3 is 10.5 Å². The zero-order valence-electron chi connectivity index (χ0n) is 11.1. The number of benzene rings is 1. The Balaban J connectivity index is 2.67. The van der Waals surface area contributed by atoms with E-state index < -0.39 is 0 Å². The number of hydrogen-bond donors (Lipinski definition) is 1. The van der Waals surface area contributed by atoms with Gasteiger partial charge >= 0.3 is 0 Å². The molecular weight excluding hydrogens is 262 g/mol. The largest absolute Gasteiger partial charge is 0.493 e. The minimum atomic E-state index is 0.406. The molecule has 0 unspecified atom stereocenters. The van der Waals surface area contributed by atoms with E-state index in [1.165, 1.54) is 19.3 Å². The van der Waals surface area contributed by atoms with Crippen molar-refractivity contribution in [2.45, 2.75) is 37.5 Å². The molecule has 0 radical (unpaired) electrons. The summed E-state index contributed by atoms with van der Waals surface area (Å²) in [5, 5.41) is 0. The smallest absolute Gasteiger partial charge is 0.130 e. The summed E-state index contributed by atoms with van der Waals surface area (Å²) in [5.74, 6) is 0.811. The molecule has 0 saturated carbocycles. The Kier molecular flexibility index (Phi) is 7.13. The van der Waals surface area contributed by atoms with Crippen LogP contribution in [0, 0.1) is 0 Å². The van der Waals surface area contributed by atoms with Gasteiger partial charge in [-0.05, 0) is 24.8 Å². The first-order valence-corrected chi connectivity index (χ1v) is 7.93. The van der Waals surface area contributed by atoms with Gasteiger partial charge in [-0.15, -0.1) is 11.8 Å². The van der Waals surface area contributed by atoms with Crippen molar-refractivity contribution in [2.24, 2.45) is 5.73 Å². The summed E-state index contributed by atoms with van der Waals surface area (Å²) in [4.78, 5) is 1.48. The lowest BCUT2D eigenvalue weighted by atomic mass is 10.2. The van der Waals surface area contributed by atoms with Gasteiger partial charge in [0.15, 0.2) is 0 Å². The van der Waals surface area contributed by atoms with E-state index in [4.69, 9.17) is 22.7 Å². The highest BCUT2D eigenvalue weighted by Gasteiger charge is 2.11. The SMILES string of the molecule is CCCCCCOc1cccc(SC)c1C(N)=S. The van der Waals surface area contributed by atoms with Crippen molar-refractivity contribution in [3.05, 3.63) is 23.8 Å². The van der Waals surface area contributed by atoms with Crippen LogP contribution in [-0.4, -0.2) is 17.9 Å². The third kappa shape index (κ3) is 4.50. The Bertz CT molecular complexity index is 393. The third-order valence-corrected chi connectivity index (χ3v) is 3.69. The van der Waals surface area contributed by atoms with Crippen molar-refractivity contribution >= 4 is 29.0 Å². The predicted octanol–water partition coefficient (Wildman–Crippen LogP) is 4.00. The fraction of sp³-hybridized carbons (Fsp3) is 0.500. The molecule has 18 heavy (non-hydrogen) atoms.